The van der Waals surface area contributed by atoms with Gasteiger partial charge in [0.05, 0.1) is 24.5 Å². The van der Waals surface area contributed by atoms with Gasteiger partial charge in [0, 0.05) is 5.88 Å². The first-order chi connectivity index (χ1) is 12.9. The zero-order chi connectivity index (χ0) is 20.0. The average molecular weight is 412 g/mol. The molecule has 0 aromatic rings. The van der Waals surface area contributed by atoms with Crippen molar-refractivity contribution in [2.24, 2.45) is 5.29 Å². The molecule has 0 unspecified atom stereocenters. The van der Waals surface area contributed by atoms with E-state index in [0.29, 0.717) is 5.01 Å². The molecular weight excluding hydrogens is 386 g/mol. The second kappa shape index (κ2) is 9.92. The van der Waals surface area contributed by atoms with Crippen molar-refractivity contribution >= 4 is 17.6 Å². The molecule has 0 aromatic heterocycles. The van der Waals surface area contributed by atoms with E-state index >= 15 is 0 Å². The van der Waals surface area contributed by atoms with Gasteiger partial charge >= 0.3 is 6.03 Å². The van der Waals surface area contributed by atoms with Crippen LogP contribution in [-0.4, -0.2) is 86.9 Å². The topological polar surface area (TPSA) is 161 Å². The fourth-order valence-electron chi connectivity index (χ4n) is 3.27. The van der Waals surface area contributed by atoms with Crippen LogP contribution in [0.1, 0.15) is 32.1 Å². The van der Waals surface area contributed by atoms with Crippen molar-refractivity contribution in [2.45, 2.75) is 68.5 Å². The summed E-state index contributed by atoms with van der Waals surface area (Å²) in [6, 6.07) is -1.18. The predicted octanol–water partition coefficient (Wildman–Crippen LogP) is -0.605. The molecule has 1 heterocycles. The third kappa shape index (κ3) is 5.05. The van der Waals surface area contributed by atoms with Crippen molar-refractivity contribution in [1.82, 2.24) is 10.3 Å². The second-order valence-electron chi connectivity index (χ2n) is 6.66. The van der Waals surface area contributed by atoms with Crippen LogP contribution in [0.15, 0.2) is 5.29 Å². The van der Waals surface area contributed by atoms with Gasteiger partial charge in [-0.05, 0) is 12.8 Å². The van der Waals surface area contributed by atoms with Crippen LogP contribution in [0, 0.1) is 4.91 Å². The maximum Gasteiger partial charge on any atom is 0.342 e. The van der Waals surface area contributed by atoms with Crippen molar-refractivity contribution in [3.05, 3.63) is 4.91 Å². The van der Waals surface area contributed by atoms with Crippen molar-refractivity contribution in [3.8, 4) is 0 Å². The number of nitrogens with one attached hydrogen (secondary N) is 1. The average Bonchev–Trinajstić information content (AvgIpc) is 2.67. The number of halogens is 1. The third-order valence-corrected chi connectivity index (χ3v) is 4.98. The molecule has 5 N–H and O–H groups in total. The molecule has 27 heavy (non-hydrogen) atoms. The Morgan fingerprint density at radius 2 is 1.96 bits per heavy atom. The Bertz CT molecular complexity index is 509. The summed E-state index contributed by atoms with van der Waals surface area (Å²) in [4.78, 5) is 22.9. The number of hydrogen-bond acceptors (Lipinski definition) is 9. The highest BCUT2D eigenvalue weighted by molar-refractivity contribution is 6.18. The zero-order valence-corrected chi connectivity index (χ0v) is 15.5. The van der Waals surface area contributed by atoms with E-state index in [-0.39, 0.29) is 18.5 Å². The highest BCUT2D eigenvalue weighted by Crippen LogP contribution is 2.32. The molecule has 1 saturated carbocycles. The van der Waals surface area contributed by atoms with E-state index in [2.05, 4.69) is 5.29 Å². The number of nitroso groups, excluding NO2 is 1. The number of carbonyl (C=O) groups excluding carboxylic acids is 1. The number of hydrogen-bond donors (Lipinski definition) is 5. The molecule has 1 saturated heterocycles. The van der Waals surface area contributed by atoms with Crippen LogP contribution in [0.2, 0.25) is 0 Å². The fourth-order valence-corrected chi connectivity index (χ4v) is 3.43. The lowest BCUT2D eigenvalue weighted by Crippen LogP contribution is -2.75. The third-order valence-electron chi connectivity index (χ3n) is 4.82. The monoisotopic (exact) mass is 411 g/mol. The quantitative estimate of drug-likeness (QED) is 0.160. The number of aliphatic hydroxyl groups excluding tert-OH is 3. The van der Waals surface area contributed by atoms with Crippen LogP contribution in [0.4, 0.5) is 4.79 Å². The van der Waals surface area contributed by atoms with Crippen LogP contribution in [0.5, 0.6) is 0 Å². The van der Waals surface area contributed by atoms with E-state index in [9.17, 15) is 30.1 Å². The largest absolute Gasteiger partial charge is 0.394 e. The van der Waals surface area contributed by atoms with Gasteiger partial charge in [-0.15, -0.1) is 16.5 Å². The summed E-state index contributed by atoms with van der Waals surface area (Å²) in [7, 11) is 0. The second-order valence-corrected chi connectivity index (χ2v) is 7.04. The van der Waals surface area contributed by atoms with Gasteiger partial charge in [-0.25, -0.2) is 4.79 Å². The van der Waals surface area contributed by atoms with Gasteiger partial charge in [0.2, 0.25) is 0 Å². The minimum Gasteiger partial charge on any atom is -0.394 e. The summed E-state index contributed by atoms with van der Waals surface area (Å²) in [5, 5.41) is 45.9. The Labute approximate surface area is 161 Å². The van der Waals surface area contributed by atoms with Gasteiger partial charge in [0.1, 0.15) is 12.2 Å². The first-order valence-corrected chi connectivity index (χ1v) is 9.40. The highest BCUT2D eigenvalue weighted by Gasteiger charge is 2.57. The first-order valence-electron chi connectivity index (χ1n) is 8.86. The Morgan fingerprint density at radius 1 is 1.30 bits per heavy atom. The molecule has 0 aromatic carbocycles. The van der Waals surface area contributed by atoms with Gasteiger partial charge in [-0.2, -0.15) is 5.01 Å². The molecular formula is C15H26ClN3O8. The van der Waals surface area contributed by atoms with Gasteiger partial charge in [0.25, 0.3) is 0 Å². The molecule has 0 spiro atoms. The van der Waals surface area contributed by atoms with Crippen LogP contribution < -0.4 is 5.32 Å². The maximum atomic E-state index is 12.2. The van der Waals surface area contributed by atoms with Gasteiger partial charge in [-0.3, -0.25) is 0 Å². The molecule has 0 bridgehead atoms. The summed E-state index contributed by atoms with van der Waals surface area (Å²) in [5.41, 5.74) is -2.64. The molecule has 2 rings (SSSR count). The molecule has 5 atom stereocenters. The molecule has 12 heteroatoms. The molecule has 1 aliphatic carbocycles. The Balaban J connectivity index is 2.16. The van der Waals surface area contributed by atoms with E-state index in [4.69, 9.17) is 21.1 Å². The number of aliphatic hydroxyl groups is 4. The summed E-state index contributed by atoms with van der Waals surface area (Å²) in [5.74, 6) is -0.0987. The van der Waals surface area contributed by atoms with Crippen molar-refractivity contribution in [3.63, 3.8) is 0 Å². The predicted molar refractivity (Wildman–Crippen MR) is 92.4 cm³/mol. The SMILES string of the molecule is O=NN(CCCl)C(=O)N[C@@]1(O)[C@H](O)[C@@H](CO)O[C@H](OC2CCCCC2)[C@@H]1O. The maximum absolute atomic E-state index is 12.2. The van der Waals surface area contributed by atoms with Gasteiger partial charge in [-0.1, -0.05) is 19.3 Å². The standard InChI is InChI=1S/C15H26ClN3O8/c16-6-7-19(18-25)14(23)17-15(24)11(21)10(8-20)27-13(12(15)22)26-9-4-2-1-3-5-9/h9-13,20-22,24H,1-8H2,(H,17,23)/t10-,11-,12+,13+,15-/m1/s1. The normalized spacial score (nSPS) is 34.9. The number of alkyl halides is 1. The number of ether oxygens (including phenoxy) is 2. The fraction of sp³-hybridized carbons (Fsp3) is 0.933. The van der Waals surface area contributed by atoms with Crippen molar-refractivity contribution in [1.29, 1.82) is 0 Å². The Morgan fingerprint density at radius 3 is 2.52 bits per heavy atom. The van der Waals surface area contributed by atoms with E-state index in [1.54, 1.807) is 0 Å². The Hall–Kier alpha value is -1.08. The van der Waals surface area contributed by atoms with E-state index in [0.717, 1.165) is 32.1 Å². The van der Waals surface area contributed by atoms with Crippen molar-refractivity contribution < 1.29 is 34.7 Å². The number of urea groups is 1. The molecule has 1 aliphatic heterocycles. The number of carbonyl (C=O) groups is 1. The summed E-state index contributed by atoms with van der Waals surface area (Å²) >= 11 is 5.48. The zero-order valence-electron chi connectivity index (χ0n) is 14.7. The summed E-state index contributed by atoms with van der Waals surface area (Å²) in [6.07, 6.45) is -2.30. The Kier molecular flexibility index (Phi) is 8.16. The summed E-state index contributed by atoms with van der Waals surface area (Å²) in [6.45, 7) is -0.949. The molecule has 11 nitrogen and oxygen atoms in total. The molecule has 0 radical (unpaired) electrons. The van der Waals surface area contributed by atoms with Crippen LogP contribution in [0.25, 0.3) is 0 Å². The van der Waals surface area contributed by atoms with Gasteiger partial charge < -0.3 is 35.2 Å². The summed E-state index contributed by atoms with van der Waals surface area (Å²) < 4.78 is 11.1. The lowest BCUT2D eigenvalue weighted by Gasteiger charge is -2.48. The van der Waals surface area contributed by atoms with Crippen LogP contribution in [-0.2, 0) is 9.47 Å². The van der Waals surface area contributed by atoms with Crippen LogP contribution in [0.3, 0.4) is 0 Å². The smallest absolute Gasteiger partial charge is 0.342 e. The minimum absolute atomic E-state index is 0.0987. The van der Waals surface area contributed by atoms with Crippen LogP contribution >= 0.6 is 11.6 Å². The molecule has 156 valence electrons. The molecule has 2 amide bonds. The van der Waals surface area contributed by atoms with Crippen molar-refractivity contribution in [2.75, 3.05) is 19.0 Å². The highest BCUT2D eigenvalue weighted by atomic mass is 35.5. The lowest BCUT2D eigenvalue weighted by molar-refractivity contribution is -0.345. The number of nitrogens with zero attached hydrogens (tertiary/aromatic N) is 2. The van der Waals surface area contributed by atoms with Gasteiger partial charge in [0.15, 0.2) is 18.1 Å². The van der Waals surface area contributed by atoms with E-state index in [1.165, 1.54) is 0 Å². The lowest BCUT2D eigenvalue weighted by atomic mass is 9.91. The van der Waals surface area contributed by atoms with E-state index in [1.807, 2.05) is 5.32 Å². The molecule has 2 aliphatic rings. The number of rotatable bonds is 7. The number of amides is 2. The van der Waals surface area contributed by atoms with E-state index < -0.39 is 43.0 Å². The minimum atomic E-state index is -2.64. The molecule has 2 fully saturated rings. The first kappa shape index (κ1) is 22.2.